The maximum atomic E-state index is 11.6. The SMILES string of the molecule is COc1ccc2c(c1)Oc1[nH]c(=O)[nH]c(=O)c1C2. The van der Waals surface area contributed by atoms with Gasteiger partial charge in [0.1, 0.15) is 11.5 Å². The van der Waals surface area contributed by atoms with Crippen LogP contribution in [0, 0.1) is 0 Å². The van der Waals surface area contributed by atoms with Crippen molar-refractivity contribution in [2.24, 2.45) is 0 Å². The summed E-state index contributed by atoms with van der Waals surface area (Å²) >= 11 is 0. The van der Waals surface area contributed by atoms with Gasteiger partial charge in [-0.25, -0.2) is 4.79 Å². The molecular formula is C12H10N2O4. The number of rotatable bonds is 1. The molecule has 2 aromatic rings. The summed E-state index contributed by atoms with van der Waals surface area (Å²) in [5.41, 5.74) is 0.299. The summed E-state index contributed by atoms with van der Waals surface area (Å²) < 4.78 is 10.6. The van der Waals surface area contributed by atoms with Crippen LogP contribution < -0.4 is 20.7 Å². The van der Waals surface area contributed by atoms with Crippen LogP contribution in [0.4, 0.5) is 0 Å². The van der Waals surface area contributed by atoms with Gasteiger partial charge < -0.3 is 9.47 Å². The van der Waals surface area contributed by atoms with E-state index >= 15 is 0 Å². The van der Waals surface area contributed by atoms with Crippen LogP contribution in [0.3, 0.4) is 0 Å². The number of ether oxygens (including phenoxy) is 2. The van der Waals surface area contributed by atoms with Crippen molar-refractivity contribution in [2.75, 3.05) is 7.11 Å². The molecule has 1 aromatic carbocycles. The van der Waals surface area contributed by atoms with E-state index in [4.69, 9.17) is 9.47 Å². The summed E-state index contributed by atoms with van der Waals surface area (Å²) in [6, 6.07) is 5.35. The number of aromatic nitrogens is 2. The predicted octanol–water partition coefficient (Wildman–Crippen LogP) is 0.768. The molecule has 0 radical (unpaired) electrons. The second kappa shape index (κ2) is 3.76. The van der Waals surface area contributed by atoms with Crippen LogP contribution in [0.5, 0.6) is 17.4 Å². The Hall–Kier alpha value is -2.50. The molecule has 0 atom stereocenters. The fourth-order valence-electron chi connectivity index (χ4n) is 1.94. The summed E-state index contributed by atoms with van der Waals surface area (Å²) in [4.78, 5) is 27.5. The van der Waals surface area contributed by atoms with Gasteiger partial charge in [-0.2, -0.15) is 0 Å². The van der Waals surface area contributed by atoms with Crippen LogP contribution in [-0.2, 0) is 6.42 Å². The number of aromatic amines is 2. The molecule has 6 nitrogen and oxygen atoms in total. The number of methoxy groups -OCH3 is 1. The molecule has 0 unspecified atom stereocenters. The highest BCUT2D eigenvalue weighted by molar-refractivity contribution is 5.49. The predicted molar refractivity (Wildman–Crippen MR) is 63.6 cm³/mol. The van der Waals surface area contributed by atoms with Crippen LogP contribution >= 0.6 is 0 Å². The van der Waals surface area contributed by atoms with Crippen LogP contribution in [0.1, 0.15) is 11.1 Å². The molecule has 18 heavy (non-hydrogen) atoms. The van der Waals surface area contributed by atoms with Crippen LogP contribution in [-0.4, -0.2) is 17.1 Å². The third kappa shape index (κ3) is 1.58. The first kappa shape index (κ1) is 10.6. The molecule has 0 spiro atoms. The van der Waals surface area contributed by atoms with Gasteiger partial charge in [-0.05, 0) is 11.6 Å². The monoisotopic (exact) mass is 246 g/mol. The van der Waals surface area contributed by atoms with Crippen molar-refractivity contribution in [3.05, 3.63) is 50.2 Å². The number of fused-ring (bicyclic) bond motifs is 2. The summed E-state index contributed by atoms with van der Waals surface area (Å²) in [5, 5.41) is 0. The minimum absolute atomic E-state index is 0.199. The zero-order chi connectivity index (χ0) is 12.7. The number of hydrogen-bond acceptors (Lipinski definition) is 4. The van der Waals surface area contributed by atoms with E-state index in [9.17, 15) is 9.59 Å². The van der Waals surface area contributed by atoms with Gasteiger partial charge in [-0.1, -0.05) is 6.07 Å². The number of H-pyrrole nitrogens is 2. The lowest BCUT2D eigenvalue weighted by atomic mass is 10.0. The second-order valence-electron chi connectivity index (χ2n) is 3.97. The quantitative estimate of drug-likeness (QED) is 0.664. The zero-order valence-electron chi connectivity index (χ0n) is 9.57. The van der Waals surface area contributed by atoms with E-state index in [1.165, 1.54) is 0 Å². The summed E-state index contributed by atoms with van der Waals surface area (Å²) in [7, 11) is 1.56. The number of benzene rings is 1. The average Bonchev–Trinajstić information content (AvgIpc) is 2.36. The van der Waals surface area contributed by atoms with Gasteiger partial charge in [-0.3, -0.25) is 14.8 Å². The summed E-state index contributed by atoms with van der Waals surface area (Å²) in [6.07, 6.45) is 0.417. The normalized spacial score (nSPS) is 12.3. The fraction of sp³-hybridized carbons (Fsp3) is 0.167. The third-order valence-corrected chi connectivity index (χ3v) is 2.86. The van der Waals surface area contributed by atoms with Gasteiger partial charge in [0.2, 0.25) is 5.88 Å². The maximum absolute atomic E-state index is 11.6. The Morgan fingerprint density at radius 2 is 2.11 bits per heavy atom. The van der Waals surface area contributed by atoms with Crippen LogP contribution in [0.25, 0.3) is 0 Å². The molecule has 0 amide bonds. The van der Waals surface area contributed by atoms with Gasteiger partial charge in [0.25, 0.3) is 5.56 Å². The molecule has 1 aliphatic rings. The van der Waals surface area contributed by atoms with Crippen molar-refractivity contribution < 1.29 is 9.47 Å². The molecule has 1 aliphatic heterocycles. The molecule has 2 N–H and O–H groups in total. The van der Waals surface area contributed by atoms with Crippen molar-refractivity contribution in [2.45, 2.75) is 6.42 Å². The topological polar surface area (TPSA) is 84.2 Å². The lowest BCUT2D eigenvalue weighted by Crippen LogP contribution is -2.27. The Kier molecular flexibility index (Phi) is 2.22. The number of nitrogens with one attached hydrogen (secondary N) is 2. The molecule has 2 heterocycles. The average molecular weight is 246 g/mol. The Balaban J connectivity index is 2.14. The highest BCUT2D eigenvalue weighted by Gasteiger charge is 2.21. The van der Waals surface area contributed by atoms with Crippen molar-refractivity contribution in [3.63, 3.8) is 0 Å². The van der Waals surface area contributed by atoms with Gasteiger partial charge in [0.15, 0.2) is 0 Å². The molecule has 0 bridgehead atoms. The van der Waals surface area contributed by atoms with Gasteiger partial charge in [-0.15, -0.1) is 0 Å². The smallest absolute Gasteiger partial charge is 0.328 e. The van der Waals surface area contributed by atoms with Crippen LogP contribution in [0.2, 0.25) is 0 Å². The minimum Gasteiger partial charge on any atom is -0.497 e. The number of hydrogen-bond donors (Lipinski definition) is 2. The van der Waals surface area contributed by atoms with Crippen molar-refractivity contribution >= 4 is 0 Å². The first-order valence-electron chi connectivity index (χ1n) is 5.37. The summed E-state index contributed by atoms with van der Waals surface area (Å²) in [5.74, 6) is 1.44. The second-order valence-corrected chi connectivity index (χ2v) is 3.97. The maximum Gasteiger partial charge on any atom is 0.328 e. The van der Waals surface area contributed by atoms with Crippen molar-refractivity contribution in [3.8, 4) is 17.4 Å². The van der Waals surface area contributed by atoms with E-state index in [1.807, 2.05) is 6.07 Å². The lowest BCUT2D eigenvalue weighted by Gasteiger charge is -2.18. The Labute approximate surface area is 101 Å². The van der Waals surface area contributed by atoms with E-state index in [1.54, 1.807) is 19.2 Å². The first-order chi connectivity index (χ1) is 8.67. The Bertz CT molecular complexity index is 730. The Morgan fingerprint density at radius 3 is 2.89 bits per heavy atom. The first-order valence-corrected chi connectivity index (χ1v) is 5.37. The molecular weight excluding hydrogens is 236 g/mol. The zero-order valence-corrected chi connectivity index (χ0v) is 9.57. The van der Waals surface area contributed by atoms with Crippen molar-refractivity contribution in [1.82, 2.24) is 9.97 Å². The standard InChI is InChI=1S/C12H10N2O4/c1-17-7-3-2-6-4-8-10(15)13-12(16)14-11(8)18-9(6)5-7/h2-3,5H,4H2,1H3,(H2,13,14,15,16). The van der Waals surface area contributed by atoms with Crippen LogP contribution in [0.15, 0.2) is 27.8 Å². The highest BCUT2D eigenvalue weighted by Crippen LogP contribution is 2.35. The molecule has 0 fully saturated rings. The van der Waals surface area contributed by atoms with E-state index in [-0.39, 0.29) is 5.88 Å². The van der Waals surface area contributed by atoms with Gasteiger partial charge >= 0.3 is 5.69 Å². The highest BCUT2D eigenvalue weighted by atomic mass is 16.5. The molecule has 6 heteroatoms. The molecule has 0 saturated heterocycles. The van der Waals surface area contributed by atoms with Crippen molar-refractivity contribution in [1.29, 1.82) is 0 Å². The third-order valence-electron chi connectivity index (χ3n) is 2.86. The molecule has 1 aromatic heterocycles. The molecule has 0 saturated carbocycles. The van der Waals surface area contributed by atoms with E-state index in [0.717, 1.165) is 5.56 Å². The Morgan fingerprint density at radius 1 is 1.28 bits per heavy atom. The lowest BCUT2D eigenvalue weighted by molar-refractivity contribution is 0.401. The van der Waals surface area contributed by atoms with Gasteiger partial charge in [0, 0.05) is 12.5 Å². The van der Waals surface area contributed by atoms with E-state index < -0.39 is 11.2 Å². The molecule has 3 rings (SSSR count). The molecule has 92 valence electrons. The minimum atomic E-state index is -0.579. The fourth-order valence-corrected chi connectivity index (χ4v) is 1.94. The largest absolute Gasteiger partial charge is 0.497 e. The summed E-state index contributed by atoms with van der Waals surface area (Å²) in [6.45, 7) is 0. The van der Waals surface area contributed by atoms with E-state index in [0.29, 0.717) is 23.5 Å². The van der Waals surface area contributed by atoms with E-state index in [2.05, 4.69) is 9.97 Å². The van der Waals surface area contributed by atoms with Gasteiger partial charge in [0.05, 0.1) is 12.7 Å². The molecule has 0 aliphatic carbocycles.